The second-order valence-electron chi connectivity index (χ2n) is 5.10. The SMILES string of the molecule is CCC(C)(CC)NCc1ccc2c(c1)OCCO2. The molecule has 0 unspecified atom stereocenters. The van der Waals surface area contributed by atoms with Crippen LogP contribution in [0.15, 0.2) is 18.2 Å². The Balaban J connectivity index is 2.02. The van der Waals surface area contributed by atoms with Gasteiger partial charge in [0.1, 0.15) is 13.2 Å². The summed E-state index contributed by atoms with van der Waals surface area (Å²) in [6, 6.07) is 6.18. The molecule has 1 aliphatic heterocycles. The highest BCUT2D eigenvalue weighted by atomic mass is 16.6. The van der Waals surface area contributed by atoms with E-state index in [-0.39, 0.29) is 5.54 Å². The predicted octanol–water partition coefficient (Wildman–Crippen LogP) is 3.13. The highest BCUT2D eigenvalue weighted by Crippen LogP contribution is 2.30. The third-order valence-corrected chi connectivity index (χ3v) is 3.89. The van der Waals surface area contributed by atoms with Crippen LogP contribution in [-0.4, -0.2) is 18.8 Å². The van der Waals surface area contributed by atoms with Gasteiger partial charge in [0.2, 0.25) is 0 Å². The van der Waals surface area contributed by atoms with Crippen LogP contribution in [0.2, 0.25) is 0 Å². The van der Waals surface area contributed by atoms with E-state index in [0.717, 1.165) is 30.9 Å². The van der Waals surface area contributed by atoms with Gasteiger partial charge in [0, 0.05) is 12.1 Å². The van der Waals surface area contributed by atoms with Crippen molar-refractivity contribution in [2.75, 3.05) is 13.2 Å². The lowest BCUT2D eigenvalue weighted by Crippen LogP contribution is -2.40. The van der Waals surface area contributed by atoms with Gasteiger partial charge < -0.3 is 14.8 Å². The maximum Gasteiger partial charge on any atom is 0.161 e. The van der Waals surface area contributed by atoms with Crippen LogP contribution in [0.25, 0.3) is 0 Å². The van der Waals surface area contributed by atoms with Gasteiger partial charge in [0.05, 0.1) is 0 Å². The van der Waals surface area contributed by atoms with Crippen molar-refractivity contribution in [3.05, 3.63) is 23.8 Å². The number of ether oxygens (including phenoxy) is 2. The molecule has 0 saturated heterocycles. The van der Waals surface area contributed by atoms with Crippen LogP contribution in [0, 0.1) is 0 Å². The third-order valence-electron chi connectivity index (χ3n) is 3.89. The maximum absolute atomic E-state index is 5.60. The van der Waals surface area contributed by atoms with Crippen LogP contribution in [0.5, 0.6) is 11.5 Å². The first-order valence-corrected chi connectivity index (χ1v) is 6.80. The van der Waals surface area contributed by atoms with E-state index in [0.29, 0.717) is 13.2 Å². The normalized spacial score (nSPS) is 14.6. The van der Waals surface area contributed by atoms with Crippen molar-refractivity contribution in [1.82, 2.24) is 5.32 Å². The van der Waals surface area contributed by atoms with E-state index in [2.05, 4.69) is 38.2 Å². The summed E-state index contributed by atoms with van der Waals surface area (Å²) < 4.78 is 11.1. The molecule has 1 aromatic carbocycles. The molecule has 1 aromatic rings. The Kier molecular flexibility index (Phi) is 4.12. The summed E-state index contributed by atoms with van der Waals surface area (Å²) in [5.74, 6) is 1.73. The van der Waals surface area contributed by atoms with Crippen molar-refractivity contribution < 1.29 is 9.47 Å². The number of hydrogen-bond acceptors (Lipinski definition) is 3. The zero-order valence-electron chi connectivity index (χ0n) is 11.6. The molecule has 1 aliphatic rings. The van der Waals surface area contributed by atoms with Gasteiger partial charge in [-0.1, -0.05) is 19.9 Å². The van der Waals surface area contributed by atoms with Gasteiger partial charge in [-0.3, -0.25) is 0 Å². The minimum absolute atomic E-state index is 0.216. The average molecular weight is 249 g/mol. The predicted molar refractivity (Wildman–Crippen MR) is 73.3 cm³/mol. The molecule has 0 fully saturated rings. The minimum Gasteiger partial charge on any atom is -0.486 e. The van der Waals surface area contributed by atoms with E-state index >= 15 is 0 Å². The van der Waals surface area contributed by atoms with Gasteiger partial charge in [-0.25, -0.2) is 0 Å². The van der Waals surface area contributed by atoms with E-state index in [4.69, 9.17) is 9.47 Å². The smallest absolute Gasteiger partial charge is 0.161 e. The first kappa shape index (κ1) is 13.2. The molecule has 0 amide bonds. The molecule has 0 aromatic heterocycles. The highest BCUT2D eigenvalue weighted by molar-refractivity contribution is 5.43. The fraction of sp³-hybridized carbons (Fsp3) is 0.600. The van der Waals surface area contributed by atoms with Gasteiger partial charge in [-0.2, -0.15) is 0 Å². The quantitative estimate of drug-likeness (QED) is 0.869. The van der Waals surface area contributed by atoms with Crippen LogP contribution >= 0.6 is 0 Å². The molecule has 3 heteroatoms. The first-order valence-electron chi connectivity index (χ1n) is 6.80. The molecule has 0 atom stereocenters. The van der Waals surface area contributed by atoms with Crippen LogP contribution < -0.4 is 14.8 Å². The Morgan fingerprint density at radius 3 is 2.44 bits per heavy atom. The largest absolute Gasteiger partial charge is 0.486 e. The average Bonchev–Trinajstić information content (AvgIpc) is 2.44. The Morgan fingerprint density at radius 2 is 1.78 bits per heavy atom. The molecule has 1 N–H and O–H groups in total. The van der Waals surface area contributed by atoms with Gasteiger partial charge in [0.25, 0.3) is 0 Å². The van der Waals surface area contributed by atoms with Crippen LogP contribution in [-0.2, 0) is 6.54 Å². The lowest BCUT2D eigenvalue weighted by molar-refractivity contribution is 0.171. The molecule has 0 saturated carbocycles. The van der Waals surface area contributed by atoms with Gasteiger partial charge in [-0.05, 0) is 37.5 Å². The topological polar surface area (TPSA) is 30.5 Å². The molecule has 0 bridgehead atoms. The number of nitrogens with one attached hydrogen (secondary N) is 1. The zero-order valence-corrected chi connectivity index (χ0v) is 11.6. The van der Waals surface area contributed by atoms with Crippen LogP contribution in [0.1, 0.15) is 39.2 Å². The lowest BCUT2D eigenvalue weighted by Gasteiger charge is -2.28. The van der Waals surface area contributed by atoms with E-state index in [1.807, 2.05) is 6.07 Å². The van der Waals surface area contributed by atoms with E-state index in [1.165, 1.54) is 5.56 Å². The van der Waals surface area contributed by atoms with Crippen molar-refractivity contribution in [1.29, 1.82) is 0 Å². The van der Waals surface area contributed by atoms with Crippen molar-refractivity contribution in [2.24, 2.45) is 0 Å². The molecule has 18 heavy (non-hydrogen) atoms. The second-order valence-corrected chi connectivity index (χ2v) is 5.10. The number of fused-ring (bicyclic) bond motifs is 1. The molecule has 0 radical (unpaired) electrons. The van der Waals surface area contributed by atoms with E-state index in [9.17, 15) is 0 Å². The first-order chi connectivity index (χ1) is 8.67. The second kappa shape index (κ2) is 5.61. The van der Waals surface area contributed by atoms with E-state index < -0.39 is 0 Å². The summed E-state index contributed by atoms with van der Waals surface area (Å²) in [7, 11) is 0. The van der Waals surface area contributed by atoms with E-state index in [1.54, 1.807) is 0 Å². The highest BCUT2D eigenvalue weighted by Gasteiger charge is 2.18. The summed E-state index contributed by atoms with van der Waals surface area (Å²) >= 11 is 0. The number of rotatable bonds is 5. The number of benzene rings is 1. The van der Waals surface area contributed by atoms with Crippen molar-refractivity contribution in [2.45, 2.75) is 45.7 Å². The summed E-state index contributed by atoms with van der Waals surface area (Å²) in [6.07, 6.45) is 2.27. The van der Waals surface area contributed by atoms with Crippen molar-refractivity contribution in [3.63, 3.8) is 0 Å². The fourth-order valence-electron chi connectivity index (χ4n) is 2.01. The Hall–Kier alpha value is -1.22. The molecule has 0 aliphatic carbocycles. The van der Waals surface area contributed by atoms with Gasteiger partial charge in [0.15, 0.2) is 11.5 Å². The lowest BCUT2D eigenvalue weighted by atomic mass is 9.95. The Morgan fingerprint density at radius 1 is 1.11 bits per heavy atom. The molecule has 2 rings (SSSR count). The standard InChI is InChI=1S/C15H23NO2/c1-4-15(3,5-2)16-11-12-6-7-13-14(10-12)18-9-8-17-13/h6-7,10,16H,4-5,8-9,11H2,1-3H3. The molecule has 100 valence electrons. The summed E-state index contributed by atoms with van der Waals surface area (Å²) in [5.41, 5.74) is 1.46. The van der Waals surface area contributed by atoms with Gasteiger partial charge >= 0.3 is 0 Å². The summed E-state index contributed by atoms with van der Waals surface area (Å²) in [4.78, 5) is 0. The molecule has 1 heterocycles. The van der Waals surface area contributed by atoms with Crippen molar-refractivity contribution in [3.8, 4) is 11.5 Å². The van der Waals surface area contributed by atoms with Crippen LogP contribution in [0.4, 0.5) is 0 Å². The molecular formula is C15H23NO2. The zero-order chi connectivity index (χ0) is 13.0. The molecule has 3 nitrogen and oxygen atoms in total. The summed E-state index contributed by atoms with van der Waals surface area (Å²) in [6.45, 7) is 8.88. The number of hydrogen-bond donors (Lipinski definition) is 1. The monoisotopic (exact) mass is 249 g/mol. The minimum atomic E-state index is 0.216. The van der Waals surface area contributed by atoms with Gasteiger partial charge in [-0.15, -0.1) is 0 Å². The molecular weight excluding hydrogens is 226 g/mol. The molecule has 0 spiro atoms. The summed E-state index contributed by atoms with van der Waals surface area (Å²) in [5, 5.41) is 3.62. The Labute approximate surface area is 109 Å². The van der Waals surface area contributed by atoms with Crippen molar-refractivity contribution >= 4 is 0 Å². The fourth-order valence-corrected chi connectivity index (χ4v) is 2.01. The third kappa shape index (κ3) is 2.96. The van der Waals surface area contributed by atoms with Crippen LogP contribution in [0.3, 0.4) is 0 Å². The Bertz CT molecular complexity index is 399. The maximum atomic E-state index is 5.60.